The predicted molar refractivity (Wildman–Crippen MR) is 170 cm³/mol. The van der Waals surface area contributed by atoms with Gasteiger partial charge < -0.3 is 39.6 Å². The highest BCUT2D eigenvalue weighted by Crippen LogP contribution is 2.32. The first kappa shape index (κ1) is 33.9. The van der Waals surface area contributed by atoms with Gasteiger partial charge >= 0.3 is 6.18 Å². The number of fused-ring (bicyclic) bond motifs is 1. The van der Waals surface area contributed by atoms with Gasteiger partial charge in [-0.3, -0.25) is 4.72 Å². The first-order chi connectivity index (χ1) is 22.5. The van der Waals surface area contributed by atoms with Crippen LogP contribution in [0.2, 0.25) is 0 Å². The van der Waals surface area contributed by atoms with E-state index in [2.05, 4.69) is 41.8 Å². The number of anilines is 3. The minimum absolute atomic E-state index is 0.0180. The highest BCUT2D eigenvalue weighted by molar-refractivity contribution is 7.92. The lowest BCUT2D eigenvalue weighted by molar-refractivity contribution is -0.140. The topological polar surface area (TPSA) is 154 Å². The SMILES string of the molecule is COc1cc(S(=O)(=O)Nc2ccon2)ccc1NCC#Cc1cc2c(NC3CCN(CC(O)CO)CC3)cccc2n1CC(F)(F)F. The molecule has 1 aliphatic rings. The number of rotatable bonds is 12. The highest BCUT2D eigenvalue weighted by atomic mass is 32.2. The van der Waals surface area contributed by atoms with E-state index in [9.17, 15) is 26.7 Å². The van der Waals surface area contributed by atoms with Crippen LogP contribution in [-0.2, 0) is 16.6 Å². The van der Waals surface area contributed by atoms with Crippen LogP contribution in [-0.4, -0.2) is 91.5 Å². The summed E-state index contributed by atoms with van der Waals surface area (Å²) in [5.41, 5.74) is 1.72. The zero-order chi connectivity index (χ0) is 33.6. The molecule has 0 bridgehead atoms. The number of alkyl halides is 3. The van der Waals surface area contributed by atoms with Crippen LogP contribution in [0.4, 0.5) is 30.4 Å². The third-order valence-corrected chi connectivity index (χ3v) is 9.01. The van der Waals surface area contributed by atoms with Crippen molar-refractivity contribution in [3.05, 3.63) is 60.5 Å². The number of aliphatic hydroxyl groups excluding tert-OH is 2. The van der Waals surface area contributed by atoms with Crippen LogP contribution < -0.4 is 20.1 Å². The molecule has 0 amide bonds. The second kappa shape index (κ2) is 14.6. The molecule has 1 saturated heterocycles. The first-order valence-electron chi connectivity index (χ1n) is 14.8. The fraction of sp³-hybridized carbons (Fsp3) is 0.387. The Morgan fingerprint density at radius 2 is 1.94 bits per heavy atom. The minimum atomic E-state index is -4.48. The number of halogens is 3. The Bertz CT molecular complexity index is 1830. The van der Waals surface area contributed by atoms with E-state index in [4.69, 9.17) is 9.84 Å². The van der Waals surface area contributed by atoms with Gasteiger partial charge in [0.15, 0.2) is 5.82 Å². The van der Waals surface area contributed by atoms with Gasteiger partial charge in [-0.1, -0.05) is 17.1 Å². The average molecular weight is 677 g/mol. The number of β-amino-alcohol motifs (C(OH)–C–C–N with tert-alkyl or cyclic N) is 1. The molecule has 5 N–H and O–H groups in total. The van der Waals surface area contributed by atoms with Crippen LogP contribution in [0.3, 0.4) is 0 Å². The van der Waals surface area contributed by atoms with E-state index < -0.39 is 28.8 Å². The number of likely N-dealkylation sites (tertiary alicyclic amines) is 1. The number of hydrogen-bond donors (Lipinski definition) is 5. The Kier molecular flexibility index (Phi) is 10.5. The van der Waals surface area contributed by atoms with Crippen molar-refractivity contribution in [3.8, 4) is 17.6 Å². The minimum Gasteiger partial charge on any atom is -0.495 e. The van der Waals surface area contributed by atoms with E-state index in [1.165, 1.54) is 37.6 Å². The molecule has 16 heteroatoms. The van der Waals surface area contributed by atoms with Gasteiger partial charge in [-0.05, 0) is 49.1 Å². The molecule has 0 aliphatic carbocycles. The summed E-state index contributed by atoms with van der Waals surface area (Å²) in [5.74, 6) is 5.97. The molecule has 1 aliphatic heterocycles. The van der Waals surface area contributed by atoms with Crippen LogP contribution in [0.5, 0.6) is 5.75 Å². The number of piperidine rings is 1. The van der Waals surface area contributed by atoms with Gasteiger partial charge in [0.2, 0.25) is 0 Å². The van der Waals surface area contributed by atoms with Crippen LogP contribution in [0.25, 0.3) is 10.9 Å². The van der Waals surface area contributed by atoms with Gasteiger partial charge in [0.05, 0.1) is 48.2 Å². The monoisotopic (exact) mass is 676 g/mol. The third-order valence-electron chi connectivity index (χ3n) is 7.65. The summed E-state index contributed by atoms with van der Waals surface area (Å²) in [4.78, 5) is 1.99. The van der Waals surface area contributed by atoms with Gasteiger partial charge in [-0.15, -0.1) is 0 Å². The number of nitrogens with one attached hydrogen (secondary N) is 3. The lowest BCUT2D eigenvalue weighted by Gasteiger charge is -2.33. The normalized spacial score (nSPS) is 15.2. The van der Waals surface area contributed by atoms with E-state index in [1.54, 1.807) is 18.2 Å². The lowest BCUT2D eigenvalue weighted by atomic mass is 10.0. The molecule has 252 valence electrons. The van der Waals surface area contributed by atoms with E-state index >= 15 is 0 Å². The number of aliphatic hydroxyl groups is 2. The predicted octanol–water partition coefficient (Wildman–Crippen LogP) is 3.69. The Labute approximate surface area is 269 Å². The van der Waals surface area contributed by atoms with Gasteiger partial charge in [-0.25, -0.2) is 8.42 Å². The Morgan fingerprint density at radius 1 is 1.15 bits per heavy atom. The molecule has 1 unspecified atom stereocenters. The molecule has 2 aromatic heterocycles. The second-order valence-corrected chi connectivity index (χ2v) is 12.7. The Balaban J connectivity index is 1.31. The fourth-order valence-electron chi connectivity index (χ4n) is 5.42. The number of benzene rings is 2. The second-order valence-electron chi connectivity index (χ2n) is 11.0. The average Bonchev–Trinajstić information content (AvgIpc) is 3.67. The van der Waals surface area contributed by atoms with Crippen molar-refractivity contribution in [3.63, 3.8) is 0 Å². The largest absolute Gasteiger partial charge is 0.495 e. The third kappa shape index (κ3) is 8.69. The summed E-state index contributed by atoms with van der Waals surface area (Å²) >= 11 is 0. The van der Waals surface area contributed by atoms with Crippen LogP contribution in [0.15, 0.2) is 64.2 Å². The highest BCUT2D eigenvalue weighted by Gasteiger charge is 2.30. The van der Waals surface area contributed by atoms with E-state index in [1.807, 2.05) is 6.07 Å². The van der Waals surface area contributed by atoms with Gasteiger partial charge in [-0.2, -0.15) is 13.2 Å². The number of hydrogen-bond acceptors (Lipinski definition) is 10. The lowest BCUT2D eigenvalue weighted by Crippen LogP contribution is -2.43. The number of nitrogens with zero attached hydrogens (tertiary/aromatic N) is 3. The molecule has 5 rings (SSSR count). The molecule has 1 atom stereocenters. The molecule has 3 heterocycles. The van der Waals surface area contributed by atoms with Crippen LogP contribution in [0, 0.1) is 11.8 Å². The van der Waals surface area contributed by atoms with Gasteiger partial charge in [0.25, 0.3) is 10.0 Å². The molecule has 12 nitrogen and oxygen atoms in total. The maximum Gasteiger partial charge on any atom is 0.406 e. The smallest absolute Gasteiger partial charge is 0.406 e. The zero-order valence-corrected chi connectivity index (χ0v) is 26.2. The number of methoxy groups -OCH3 is 1. The number of aromatic nitrogens is 2. The molecule has 2 aromatic carbocycles. The van der Waals surface area contributed by atoms with E-state index in [-0.39, 0.29) is 41.4 Å². The molecule has 1 fully saturated rings. The van der Waals surface area contributed by atoms with Crippen LogP contribution in [0.1, 0.15) is 18.5 Å². The fourth-order valence-corrected chi connectivity index (χ4v) is 6.43. The summed E-state index contributed by atoms with van der Waals surface area (Å²) in [7, 11) is -2.60. The van der Waals surface area contributed by atoms with Gasteiger partial charge in [0, 0.05) is 48.9 Å². The molecule has 0 spiro atoms. The Morgan fingerprint density at radius 3 is 2.62 bits per heavy atom. The van der Waals surface area contributed by atoms with Crippen molar-refractivity contribution in [2.75, 3.05) is 55.3 Å². The standard InChI is InChI=1S/C31H35F3N6O6S/c1-45-29-17-24(47(43,44)38-30-11-15-46-37-30)7-8-27(29)35-12-3-4-22-16-25-26(5-2-6-28(25)40(22)20-31(32,33)34)36-21-9-13-39(14-10-21)18-23(42)19-41/h2,5-8,11,15-17,21,23,35-36,41-42H,9-10,12-14,18-20H2,1H3,(H,37,38). The van der Waals surface area contributed by atoms with Crippen molar-refractivity contribution in [1.82, 2.24) is 14.6 Å². The van der Waals surface area contributed by atoms with Crippen molar-refractivity contribution in [2.24, 2.45) is 0 Å². The first-order valence-corrected chi connectivity index (χ1v) is 16.2. The van der Waals surface area contributed by atoms with Crippen LogP contribution >= 0.6 is 0 Å². The van der Waals surface area contributed by atoms with Crippen molar-refractivity contribution >= 4 is 38.1 Å². The Hall–Kier alpha value is -4.43. The number of ether oxygens (including phenoxy) is 1. The van der Waals surface area contributed by atoms with Crippen molar-refractivity contribution in [1.29, 1.82) is 0 Å². The van der Waals surface area contributed by atoms with E-state index in [0.717, 1.165) is 17.4 Å². The molecular formula is C31H35F3N6O6S. The van der Waals surface area contributed by atoms with E-state index in [0.29, 0.717) is 41.9 Å². The maximum absolute atomic E-state index is 13.7. The van der Waals surface area contributed by atoms with Gasteiger partial charge in [0.1, 0.15) is 18.6 Å². The number of sulfonamides is 1. The maximum atomic E-state index is 13.7. The summed E-state index contributed by atoms with van der Waals surface area (Å²) in [5, 5.41) is 29.5. The molecule has 0 saturated carbocycles. The molecule has 4 aromatic rings. The van der Waals surface area contributed by atoms with Crippen molar-refractivity contribution in [2.45, 2.75) is 42.6 Å². The molecule has 0 radical (unpaired) electrons. The zero-order valence-electron chi connectivity index (χ0n) is 25.4. The summed E-state index contributed by atoms with van der Waals surface area (Å²) < 4.78 is 79.8. The summed E-state index contributed by atoms with van der Waals surface area (Å²) in [6, 6.07) is 12.4. The quantitative estimate of drug-likeness (QED) is 0.141. The summed E-state index contributed by atoms with van der Waals surface area (Å²) in [6.07, 6.45) is -2.51. The summed E-state index contributed by atoms with van der Waals surface area (Å²) in [6.45, 7) is 0.336. The van der Waals surface area contributed by atoms with Crippen molar-refractivity contribution < 1.29 is 41.1 Å². The molecule has 47 heavy (non-hydrogen) atoms. The molecular weight excluding hydrogens is 641 g/mol.